The normalized spacial score (nSPS) is 11.3. The Bertz CT molecular complexity index is 1190. The molecule has 0 fully saturated rings. The van der Waals surface area contributed by atoms with Crippen LogP contribution in [0.15, 0.2) is 77.9 Å². The number of para-hydroxylation sites is 1. The topological polar surface area (TPSA) is 50.4 Å². The maximum Gasteiger partial charge on any atom is 0.143 e. The van der Waals surface area contributed by atoms with Crippen LogP contribution in [0.25, 0.3) is 16.9 Å². The number of nitrogens with zero attached hydrogens (tertiary/aromatic N) is 3. The van der Waals surface area contributed by atoms with Crippen molar-refractivity contribution in [3.05, 3.63) is 93.6 Å². The number of phenols is 1. The van der Waals surface area contributed by atoms with Crippen LogP contribution in [0.2, 0.25) is 15.1 Å². The van der Waals surface area contributed by atoms with Gasteiger partial charge < -0.3 is 5.11 Å². The largest absolute Gasteiger partial charge is 0.506 e. The van der Waals surface area contributed by atoms with Gasteiger partial charge in [0.05, 0.1) is 16.9 Å². The number of rotatable bonds is 4. The first-order valence-electron chi connectivity index (χ1n) is 8.64. The van der Waals surface area contributed by atoms with Gasteiger partial charge in [-0.1, -0.05) is 65.1 Å². The first-order chi connectivity index (χ1) is 14.0. The molecule has 1 heterocycles. The zero-order chi connectivity index (χ0) is 20.4. The van der Waals surface area contributed by atoms with Crippen molar-refractivity contribution >= 4 is 46.7 Å². The van der Waals surface area contributed by atoms with Crippen LogP contribution >= 0.6 is 34.8 Å². The van der Waals surface area contributed by atoms with Gasteiger partial charge in [0, 0.05) is 27.4 Å². The van der Waals surface area contributed by atoms with Gasteiger partial charge >= 0.3 is 0 Å². The van der Waals surface area contributed by atoms with Crippen LogP contribution in [0.4, 0.5) is 5.69 Å². The molecule has 0 amide bonds. The molecule has 0 bridgehead atoms. The van der Waals surface area contributed by atoms with Crippen LogP contribution in [-0.2, 0) is 0 Å². The van der Waals surface area contributed by atoms with Crippen LogP contribution in [0, 0.1) is 0 Å². The molecule has 1 N–H and O–H groups in total. The second kappa shape index (κ2) is 8.29. The molecule has 0 spiro atoms. The monoisotopic (exact) mass is 441 g/mol. The molecule has 0 saturated carbocycles. The Balaban J connectivity index is 1.81. The van der Waals surface area contributed by atoms with Gasteiger partial charge in [0.1, 0.15) is 17.1 Å². The van der Waals surface area contributed by atoms with E-state index in [1.807, 2.05) is 48.7 Å². The van der Waals surface area contributed by atoms with E-state index in [2.05, 4.69) is 4.99 Å². The summed E-state index contributed by atoms with van der Waals surface area (Å²) in [7, 11) is 0. The minimum atomic E-state index is -0.0803. The van der Waals surface area contributed by atoms with Crippen molar-refractivity contribution in [1.82, 2.24) is 9.78 Å². The lowest BCUT2D eigenvalue weighted by molar-refractivity contribution is 0.475. The second-order valence-corrected chi connectivity index (χ2v) is 7.51. The van der Waals surface area contributed by atoms with E-state index in [1.165, 1.54) is 12.3 Å². The predicted octanol–water partition coefficient (Wildman–Crippen LogP) is 6.96. The van der Waals surface area contributed by atoms with Crippen LogP contribution in [0.3, 0.4) is 0 Å². The maximum absolute atomic E-state index is 10.2. The molecule has 0 aliphatic carbocycles. The summed E-state index contributed by atoms with van der Waals surface area (Å²) >= 11 is 18.1. The smallest absolute Gasteiger partial charge is 0.143 e. The Morgan fingerprint density at radius 1 is 0.897 bits per heavy atom. The molecule has 0 atom stereocenters. The Labute approximate surface area is 182 Å². The fraction of sp³-hybridized carbons (Fsp3) is 0. The lowest BCUT2D eigenvalue weighted by Gasteiger charge is -2.02. The van der Waals surface area contributed by atoms with Crippen molar-refractivity contribution in [3.63, 3.8) is 0 Å². The highest BCUT2D eigenvalue weighted by Gasteiger charge is 2.13. The minimum absolute atomic E-state index is 0.0803. The van der Waals surface area contributed by atoms with Gasteiger partial charge in [0.2, 0.25) is 0 Å². The molecule has 1 aromatic heterocycles. The molecule has 0 unspecified atom stereocenters. The molecule has 4 rings (SSSR count). The summed E-state index contributed by atoms with van der Waals surface area (Å²) in [6.07, 6.45) is 3.33. The fourth-order valence-corrected chi connectivity index (χ4v) is 3.44. The molecule has 0 radical (unpaired) electrons. The molecular formula is C22H14Cl3N3O. The first kappa shape index (κ1) is 19.5. The Kier molecular flexibility index (Phi) is 5.58. The number of hydrogen-bond acceptors (Lipinski definition) is 3. The molecule has 0 saturated heterocycles. The average molecular weight is 443 g/mol. The van der Waals surface area contributed by atoms with Crippen LogP contribution in [0.1, 0.15) is 5.56 Å². The number of aromatic nitrogens is 2. The maximum atomic E-state index is 10.2. The standard InChI is InChI=1S/C22H14Cl3N3O/c23-16-8-6-14(7-9-16)21-20(13-28(27-21)18-4-2-1-3-5-18)26-12-15-10-17(24)11-19(25)22(15)29/h1-13,29H. The number of benzene rings is 3. The number of aliphatic imine (C=N–C) groups is 1. The number of hydrogen-bond donors (Lipinski definition) is 1. The number of halogens is 3. The molecule has 144 valence electrons. The van der Waals surface area contributed by atoms with Crippen molar-refractivity contribution in [1.29, 1.82) is 0 Å². The molecule has 0 aliphatic heterocycles. The molecule has 7 heteroatoms. The van der Waals surface area contributed by atoms with Crippen molar-refractivity contribution in [2.75, 3.05) is 0 Å². The van der Waals surface area contributed by atoms with Gasteiger partial charge in [0.25, 0.3) is 0 Å². The molecule has 4 aromatic rings. The number of phenolic OH excluding ortho intramolecular Hbond substituents is 1. The molecule has 29 heavy (non-hydrogen) atoms. The fourth-order valence-electron chi connectivity index (χ4n) is 2.81. The third-order valence-electron chi connectivity index (χ3n) is 4.23. The van der Waals surface area contributed by atoms with Crippen molar-refractivity contribution < 1.29 is 5.11 Å². The van der Waals surface area contributed by atoms with E-state index < -0.39 is 0 Å². The number of aromatic hydroxyl groups is 1. The predicted molar refractivity (Wildman–Crippen MR) is 119 cm³/mol. The third-order valence-corrected chi connectivity index (χ3v) is 4.99. The Morgan fingerprint density at radius 3 is 2.34 bits per heavy atom. The van der Waals surface area contributed by atoms with Gasteiger partial charge in [-0.15, -0.1) is 0 Å². The lowest BCUT2D eigenvalue weighted by Crippen LogP contribution is -1.93. The first-order valence-corrected chi connectivity index (χ1v) is 9.78. The quantitative estimate of drug-likeness (QED) is 0.347. The van der Waals surface area contributed by atoms with Crippen LogP contribution in [-0.4, -0.2) is 21.1 Å². The van der Waals surface area contributed by atoms with Gasteiger partial charge in [0.15, 0.2) is 0 Å². The molecule has 0 aliphatic rings. The van der Waals surface area contributed by atoms with E-state index in [4.69, 9.17) is 39.9 Å². The van der Waals surface area contributed by atoms with E-state index in [0.717, 1.165) is 11.3 Å². The summed E-state index contributed by atoms with van der Waals surface area (Å²) in [5.74, 6) is -0.0803. The van der Waals surface area contributed by atoms with Crippen molar-refractivity contribution in [2.24, 2.45) is 4.99 Å². The van der Waals surface area contributed by atoms with Crippen molar-refractivity contribution in [2.45, 2.75) is 0 Å². The highest BCUT2D eigenvalue weighted by molar-refractivity contribution is 6.36. The van der Waals surface area contributed by atoms with E-state index in [0.29, 0.717) is 27.0 Å². The highest BCUT2D eigenvalue weighted by Crippen LogP contribution is 2.33. The van der Waals surface area contributed by atoms with E-state index in [9.17, 15) is 5.11 Å². The molecular weight excluding hydrogens is 429 g/mol. The summed E-state index contributed by atoms with van der Waals surface area (Å²) in [5.41, 5.74) is 3.47. The Morgan fingerprint density at radius 2 is 1.62 bits per heavy atom. The summed E-state index contributed by atoms with van der Waals surface area (Å²) in [5, 5.41) is 16.1. The second-order valence-electron chi connectivity index (χ2n) is 6.23. The van der Waals surface area contributed by atoms with Gasteiger partial charge in [-0.25, -0.2) is 4.68 Å². The zero-order valence-electron chi connectivity index (χ0n) is 14.9. The van der Waals surface area contributed by atoms with Crippen molar-refractivity contribution in [3.8, 4) is 22.7 Å². The lowest BCUT2D eigenvalue weighted by atomic mass is 10.1. The summed E-state index contributed by atoms with van der Waals surface area (Å²) in [6, 6.07) is 20.2. The van der Waals surface area contributed by atoms with Crippen LogP contribution in [0.5, 0.6) is 5.75 Å². The van der Waals surface area contributed by atoms with E-state index in [-0.39, 0.29) is 10.8 Å². The molecule has 3 aromatic carbocycles. The highest BCUT2D eigenvalue weighted by atomic mass is 35.5. The van der Waals surface area contributed by atoms with Gasteiger partial charge in [-0.2, -0.15) is 5.10 Å². The summed E-state index contributed by atoms with van der Waals surface area (Å²) < 4.78 is 1.75. The van der Waals surface area contributed by atoms with E-state index >= 15 is 0 Å². The Hall–Kier alpha value is -2.79. The zero-order valence-corrected chi connectivity index (χ0v) is 17.2. The SMILES string of the molecule is Oc1c(Cl)cc(Cl)cc1C=Nc1cn(-c2ccccc2)nc1-c1ccc(Cl)cc1. The minimum Gasteiger partial charge on any atom is -0.506 e. The summed E-state index contributed by atoms with van der Waals surface area (Å²) in [6.45, 7) is 0. The van der Waals surface area contributed by atoms with Gasteiger partial charge in [-0.3, -0.25) is 4.99 Å². The summed E-state index contributed by atoms with van der Waals surface area (Å²) in [4.78, 5) is 4.55. The molecule has 4 nitrogen and oxygen atoms in total. The average Bonchev–Trinajstić information content (AvgIpc) is 3.15. The van der Waals surface area contributed by atoms with E-state index in [1.54, 1.807) is 22.9 Å². The third kappa shape index (κ3) is 4.30. The van der Waals surface area contributed by atoms with Gasteiger partial charge in [-0.05, 0) is 36.4 Å². The van der Waals surface area contributed by atoms with Crippen LogP contribution < -0.4 is 0 Å².